The highest BCUT2D eigenvalue weighted by atomic mass is 16.5. The summed E-state index contributed by atoms with van der Waals surface area (Å²) in [5.74, 6) is 2.19. The van der Waals surface area contributed by atoms with Crippen LogP contribution >= 0.6 is 0 Å². The zero-order valence-electron chi connectivity index (χ0n) is 10.9. The fourth-order valence-corrected chi connectivity index (χ4v) is 2.22. The lowest BCUT2D eigenvalue weighted by molar-refractivity contribution is 0.238. The first kappa shape index (κ1) is 12.2. The van der Waals surface area contributed by atoms with Gasteiger partial charge in [-0.1, -0.05) is 25.1 Å². The minimum Gasteiger partial charge on any atom is -0.492 e. The van der Waals surface area contributed by atoms with Gasteiger partial charge in [-0.3, -0.25) is 0 Å². The standard InChI is InChI=1S/C14H17N3O2/c1-2-11(15)14-17-16-13(19-14)10-7-9-5-3-4-6-12(9)18-8-10/h3-6,10-11H,2,7-8,15H2,1H3. The zero-order valence-corrected chi connectivity index (χ0v) is 10.9. The van der Waals surface area contributed by atoms with Crippen LogP contribution in [0.4, 0.5) is 0 Å². The molecule has 0 spiro atoms. The molecule has 0 saturated heterocycles. The predicted molar refractivity (Wildman–Crippen MR) is 69.9 cm³/mol. The molecular formula is C14H17N3O2. The summed E-state index contributed by atoms with van der Waals surface area (Å²) in [7, 11) is 0. The molecule has 1 aliphatic rings. The van der Waals surface area contributed by atoms with Crippen molar-refractivity contribution in [2.24, 2.45) is 5.73 Å². The number of nitrogens with two attached hydrogens (primary N) is 1. The summed E-state index contributed by atoms with van der Waals surface area (Å²) in [5.41, 5.74) is 7.07. The van der Waals surface area contributed by atoms with Crippen LogP contribution in [0, 0.1) is 0 Å². The summed E-state index contributed by atoms with van der Waals surface area (Å²) in [6, 6.07) is 7.85. The van der Waals surface area contributed by atoms with Crippen molar-refractivity contribution in [1.29, 1.82) is 0 Å². The van der Waals surface area contributed by atoms with Gasteiger partial charge < -0.3 is 14.9 Å². The molecule has 2 N–H and O–H groups in total. The predicted octanol–water partition coefficient (Wildman–Crippen LogP) is 2.20. The molecule has 5 heteroatoms. The lowest BCUT2D eigenvalue weighted by Gasteiger charge is -2.22. The summed E-state index contributed by atoms with van der Waals surface area (Å²) < 4.78 is 11.4. The van der Waals surface area contributed by atoms with Gasteiger partial charge in [0.25, 0.3) is 0 Å². The SMILES string of the molecule is CCC(N)c1nnc(C2COc3ccccc3C2)o1. The molecule has 0 saturated carbocycles. The summed E-state index contributed by atoms with van der Waals surface area (Å²) >= 11 is 0. The summed E-state index contributed by atoms with van der Waals surface area (Å²) in [4.78, 5) is 0. The Kier molecular flexibility index (Phi) is 3.21. The maximum atomic E-state index is 5.89. The third-order valence-corrected chi connectivity index (χ3v) is 3.44. The first-order valence-corrected chi connectivity index (χ1v) is 6.57. The second-order valence-corrected chi connectivity index (χ2v) is 4.81. The number of fused-ring (bicyclic) bond motifs is 1. The van der Waals surface area contributed by atoms with Gasteiger partial charge in [0, 0.05) is 0 Å². The lowest BCUT2D eigenvalue weighted by Crippen LogP contribution is -2.19. The quantitative estimate of drug-likeness (QED) is 0.914. The van der Waals surface area contributed by atoms with E-state index >= 15 is 0 Å². The van der Waals surface area contributed by atoms with Crippen LogP contribution in [0.3, 0.4) is 0 Å². The van der Waals surface area contributed by atoms with Crippen molar-refractivity contribution in [3.05, 3.63) is 41.6 Å². The van der Waals surface area contributed by atoms with Crippen LogP contribution in [0.2, 0.25) is 0 Å². The topological polar surface area (TPSA) is 74.2 Å². The van der Waals surface area contributed by atoms with Gasteiger partial charge >= 0.3 is 0 Å². The van der Waals surface area contributed by atoms with Crippen molar-refractivity contribution in [3.63, 3.8) is 0 Å². The van der Waals surface area contributed by atoms with E-state index in [9.17, 15) is 0 Å². The number of hydrogen-bond donors (Lipinski definition) is 1. The minimum absolute atomic E-state index is 0.111. The summed E-state index contributed by atoms with van der Waals surface area (Å²) in [6.07, 6.45) is 1.64. The van der Waals surface area contributed by atoms with E-state index in [1.54, 1.807) is 0 Å². The van der Waals surface area contributed by atoms with Crippen molar-refractivity contribution in [2.75, 3.05) is 6.61 Å². The fourth-order valence-electron chi connectivity index (χ4n) is 2.22. The smallest absolute Gasteiger partial charge is 0.233 e. The molecule has 100 valence electrons. The second-order valence-electron chi connectivity index (χ2n) is 4.81. The second kappa shape index (κ2) is 5.01. The molecule has 2 unspecified atom stereocenters. The number of aromatic nitrogens is 2. The Morgan fingerprint density at radius 1 is 1.37 bits per heavy atom. The lowest BCUT2D eigenvalue weighted by atomic mass is 9.97. The third-order valence-electron chi connectivity index (χ3n) is 3.44. The van der Waals surface area contributed by atoms with E-state index in [4.69, 9.17) is 14.9 Å². The van der Waals surface area contributed by atoms with Crippen LogP contribution in [-0.4, -0.2) is 16.8 Å². The van der Waals surface area contributed by atoms with Crippen molar-refractivity contribution in [3.8, 4) is 5.75 Å². The summed E-state index contributed by atoms with van der Waals surface area (Å²) in [5, 5.41) is 8.13. The zero-order chi connectivity index (χ0) is 13.2. The molecule has 1 aromatic heterocycles. The van der Waals surface area contributed by atoms with Crippen molar-refractivity contribution in [1.82, 2.24) is 10.2 Å². The molecule has 0 fully saturated rings. The van der Waals surface area contributed by atoms with E-state index < -0.39 is 0 Å². The van der Waals surface area contributed by atoms with Crippen LogP contribution in [0.15, 0.2) is 28.7 Å². The molecule has 0 radical (unpaired) electrons. The number of ether oxygens (including phenoxy) is 1. The van der Waals surface area contributed by atoms with Gasteiger partial charge in [0.1, 0.15) is 12.4 Å². The van der Waals surface area contributed by atoms with Gasteiger partial charge in [-0.15, -0.1) is 10.2 Å². The molecule has 5 nitrogen and oxygen atoms in total. The van der Waals surface area contributed by atoms with E-state index in [0.717, 1.165) is 18.6 Å². The number of nitrogens with zero attached hydrogens (tertiary/aromatic N) is 2. The molecule has 0 aliphatic carbocycles. The highest BCUT2D eigenvalue weighted by Gasteiger charge is 2.26. The molecule has 2 atom stereocenters. The van der Waals surface area contributed by atoms with Crippen LogP contribution in [-0.2, 0) is 6.42 Å². The van der Waals surface area contributed by atoms with E-state index in [1.165, 1.54) is 5.56 Å². The Balaban J connectivity index is 1.79. The molecule has 2 aromatic rings. The van der Waals surface area contributed by atoms with Crippen molar-refractivity contribution in [2.45, 2.75) is 31.7 Å². The third kappa shape index (κ3) is 2.33. The van der Waals surface area contributed by atoms with Crippen molar-refractivity contribution < 1.29 is 9.15 Å². The average Bonchev–Trinajstić information content (AvgIpc) is 2.95. The normalized spacial score (nSPS) is 19.6. The van der Waals surface area contributed by atoms with E-state index in [1.807, 2.05) is 25.1 Å². The molecule has 2 heterocycles. The highest BCUT2D eigenvalue weighted by Crippen LogP contribution is 2.31. The van der Waals surface area contributed by atoms with Gasteiger partial charge in [-0.05, 0) is 24.5 Å². The largest absolute Gasteiger partial charge is 0.492 e. The van der Waals surface area contributed by atoms with Crippen LogP contribution in [0.1, 0.15) is 42.6 Å². The van der Waals surface area contributed by atoms with Gasteiger partial charge in [0.2, 0.25) is 11.8 Å². The van der Waals surface area contributed by atoms with E-state index in [-0.39, 0.29) is 12.0 Å². The molecule has 3 rings (SSSR count). The van der Waals surface area contributed by atoms with Gasteiger partial charge in [-0.25, -0.2) is 0 Å². The molecule has 19 heavy (non-hydrogen) atoms. The molecule has 0 amide bonds. The van der Waals surface area contributed by atoms with Crippen LogP contribution in [0.5, 0.6) is 5.75 Å². The Bertz CT molecular complexity index is 567. The first-order chi connectivity index (χ1) is 9.28. The molecule has 0 bridgehead atoms. The summed E-state index contributed by atoms with van der Waals surface area (Å²) in [6.45, 7) is 2.56. The van der Waals surface area contributed by atoms with Gasteiger partial charge in [-0.2, -0.15) is 0 Å². The maximum absolute atomic E-state index is 5.89. The number of rotatable bonds is 3. The van der Waals surface area contributed by atoms with Gasteiger partial charge in [0.05, 0.1) is 12.0 Å². The van der Waals surface area contributed by atoms with Crippen LogP contribution < -0.4 is 10.5 Å². The van der Waals surface area contributed by atoms with E-state index in [0.29, 0.717) is 18.4 Å². The fraction of sp³-hybridized carbons (Fsp3) is 0.429. The molecular weight excluding hydrogens is 242 g/mol. The van der Waals surface area contributed by atoms with E-state index in [2.05, 4.69) is 16.3 Å². The Morgan fingerprint density at radius 3 is 3.05 bits per heavy atom. The first-order valence-electron chi connectivity index (χ1n) is 6.57. The number of benzene rings is 1. The minimum atomic E-state index is -0.182. The highest BCUT2D eigenvalue weighted by molar-refractivity contribution is 5.36. The average molecular weight is 259 g/mol. The van der Waals surface area contributed by atoms with Crippen LogP contribution in [0.25, 0.3) is 0 Å². The van der Waals surface area contributed by atoms with Gasteiger partial charge in [0.15, 0.2) is 0 Å². The monoisotopic (exact) mass is 259 g/mol. The molecule has 1 aromatic carbocycles. The Hall–Kier alpha value is -1.88. The van der Waals surface area contributed by atoms with Crippen molar-refractivity contribution >= 4 is 0 Å². The Labute approximate surface area is 111 Å². The maximum Gasteiger partial charge on any atom is 0.233 e. The number of para-hydroxylation sites is 1. The Morgan fingerprint density at radius 2 is 2.21 bits per heavy atom. The number of hydrogen-bond acceptors (Lipinski definition) is 5. The molecule has 1 aliphatic heterocycles.